The van der Waals surface area contributed by atoms with Gasteiger partial charge in [0.25, 0.3) is 5.91 Å². The number of hydrogen-bond acceptors (Lipinski definition) is 5. The number of likely N-dealkylation sites (tertiary alicyclic amines) is 1. The van der Waals surface area contributed by atoms with Gasteiger partial charge in [-0.3, -0.25) is 19.3 Å². The summed E-state index contributed by atoms with van der Waals surface area (Å²) in [6.45, 7) is 0.129. The molecule has 2 aromatic carbocycles. The van der Waals surface area contributed by atoms with Crippen molar-refractivity contribution >= 4 is 23.7 Å². The predicted molar refractivity (Wildman–Crippen MR) is 125 cm³/mol. The van der Waals surface area contributed by atoms with Crippen molar-refractivity contribution < 1.29 is 28.3 Å². The summed E-state index contributed by atoms with van der Waals surface area (Å²) < 4.78 is 18.6. The Morgan fingerprint density at radius 2 is 1.49 bits per heavy atom. The number of benzene rings is 2. The van der Waals surface area contributed by atoms with Crippen LogP contribution in [0.25, 0.3) is 0 Å². The normalized spacial score (nSPS) is 16.4. The SMILES string of the molecule is O=C(OCC(=O)N(Cc1ccc(F)cc1)C1CCCCC1)c1ccc(CN2C(=O)CCC2=O)cc1. The van der Waals surface area contributed by atoms with Crippen LogP contribution in [0.2, 0.25) is 0 Å². The number of rotatable bonds is 8. The molecule has 0 spiro atoms. The topological polar surface area (TPSA) is 84.0 Å². The second-order valence-corrected chi connectivity index (χ2v) is 9.09. The third kappa shape index (κ3) is 6.32. The van der Waals surface area contributed by atoms with Gasteiger partial charge in [-0.2, -0.15) is 0 Å². The van der Waals surface area contributed by atoms with Crippen molar-refractivity contribution in [1.82, 2.24) is 9.80 Å². The molecular formula is C27H29FN2O5. The zero-order chi connectivity index (χ0) is 24.8. The summed E-state index contributed by atoms with van der Waals surface area (Å²) in [6, 6.07) is 12.6. The summed E-state index contributed by atoms with van der Waals surface area (Å²) in [5.74, 6) is -1.62. The fourth-order valence-electron chi connectivity index (χ4n) is 4.62. The minimum absolute atomic E-state index is 0.0651. The van der Waals surface area contributed by atoms with Crippen molar-refractivity contribution in [2.45, 2.75) is 64.1 Å². The maximum Gasteiger partial charge on any atom is 0.338 e. The number of carbonyl (C=O) groups excluding carboxylic acids is 4. The second kappa shape index (κ2) is 11.3. The third-order valence-corrected chi connectivity index (χ3v) is 6.61. The van der Waals surface area contributed by atoms with Gasteiger partial charge in [-0.15, -0.1) is 0 Å². The minimum Gasteiger partial charge on any atom is -0.452 e. The first-order valence-corrected chi connectivity index (χ1v) is 12.0. The molecule has 0 aromatic heterocycles. The van der Waals surface area contributed by atoms with Crippen molar-refractivity contribution in [2.24, 2.45) is 0 Å². The molecule has 2 fully saturated rings. The van der Waals surface area contributed by atoms with Gasteiger partial charge in [-0.25, -0.2) is 9.18 Å². The summed E-state index contributed by atoms with van der Waals surface area (Å²) >= 11 is 0. The van der Waals surface area contributed by atoms with Crippen LogP contribution >= 0.6 is 0 Å². The van der Waals surface area contributed by atoms with Gasteiger partial charge >= 0.3 is 5.97 Å². The summed E-state index contributed by atoms with van der Waals surface area (Å²) in [5, 5.41) is 0. The molecule has 184 valence electrons. The van der Waals surface area contributed by atoms with Gasteiger partial charge in [0.15, 0.2) is 6.61 Å². The maximum atomic E-state index is 13.3. The molecule has 4 rings (SSSR count). The molecule has 0 N–H and O–H groups in total. The molecule has 0 radical (unpaired) electrons. The monoisotopic (exact) mass is 480 g/mol. The number of imide groups is 1. The molecule has 1 heterocycles. The van der Waals surface area contributed by atoms with E-state index < -0.39 is 5.97 Å². The van der Waals surface area contributed by atoms with Gasteiger partial charge in [0, 0.05) is 25.4 Å². The molecule has 1 saturated heterocycles. The Morgan fingerprint density at radius 1 is 0.886 bits per heavy atom. The highest BCUT2D eigenvalue weighted by Gasteiger charge is 2.29. The molecule has 2 aliphatic rings. The lowest BCUT2D eigenvalue weighted by Crippen LogP contribution is -2.43. The summed E-state index contributed by atoms with van der Waals surface area (Å²) in [5.41, 5.74) is 1.83. The molecule has 2 aromatic rings. The number of halogens is 1. The molecule has 1 aliphatic carbocycles. The summed E-state index contributed by atoms with van der Waals surface area (Å²) in [7, 11) is 0. The Kier molecular flexibility index (Phi) is 7.90. The fourth-order valence-corrected chi connectivity index (χ4v) is 4.62. The average Bonchev–Trinajstić information content (AvgIpc) is 3.19. The first-order valence-electron chi connectivity index (χ1n) is 12.0. The van der Waals surface area contributed by atoms with E-state index in [0.29, 0.717) is 6.54 Å². The molecule has 7 nitrogen and oxygen atoms in total. The molecule has 1 saturated carbocycles. The number of ether oxygens (including phenoxy) is 1. The Labute approximate surface area is 203 Å². The molecule has 0 atom stereocenters. The number of amides is 3. The molecule has 8 heteroatoms. The van der Waals surface area contributed by atoms with Crippen LogP contribution < -0.4 is 0 Å². The van der Waals surface area contributed by atoms with Gasteiger partial charge in [0.1, 0.15) is 5.82 Å². The van der Waals surface area contributed by atoms with E-state index in [1.54, 1.807) is 41.3 Å². The standard InChI is InChI=1S/C27H29FN2O5/c28-22-12-8-20(9-13-22)16-29(23-4-2-1-3-5-23)26(33)18-35-27(34)21-10-6-19(7-11-21)17-30-24(31)14-15-25(30)32/h6-13,23H,1-5,14-18H2. The lowest BCUT2D eigenvalue weighted by molar-refractivity contribution is -0.139. The summed E-state index contributed by atoms with van der Waals surface area (Å²) in [6.07, 6.45) is 5.47. The van der Waals surface area contributed by atoms with Crippen molar-refractivity contribution in [3.63, 3.8) is 0 Å². The smallest absolute Gasteiger partial charge is 0.338 e. The van der Waals surface area contributed by atoms with Gasteiger partial charge in [0.2, 0.25) is 11.8 Å². The molecule has 3 amide bonds. The van der Waals surface area contributed by atoms with Crippen molar-refractivity contribution in [3.05, 3.63) is 71.0 Å². The van der Waals surface area contributed by atoms with Crippen molar-refractivity contribution in [3.8, 4) is 0 Å². The number of esters is 1. The number of hydrogen-bond donors (Lipinski definition) is 0. The van der Waals surface area contributed by atoms with Gasteiger partial charge in [0.05, 0.1) is 12.1 Å². The average molecular weight is 481 g/mol. The first-order chi connectivity index (χ1) is 16.9. The van der Waals surface area contributed by atoms with E-state index in [9.17, 15) is 23.6 Å². The van der Waals surface area contributed by atoms with Crippen molar-refractivity contribution in [2.75, 3.05) is 6.61 Å². The Morgan fingerprint density at radius 3 is 2.11 bits per heavy atom. The minimum atomic E-state index is -0.622. The predicted octanol–water partition coefficient (Wildman–Crippen LogP) is 3.99. The van der Waals surface area contributed by atoms with Gasteiger partial charge < -0.3 is 9.64 Å². The molecule has 1 aliphatic heterocycles. The van der Waals surface area contributed by atoms with Crippen LogP contribution in [-0.4, -0.2) is 46.1 Å². The highest BCUT2D eigenvalue weighted by molar-refractivity contribution is 6.01. The third-order valence-electron chi connectivity index (χ3n) is 6.61. The van der Waals surface area contributed by atoms with E-state index in [0.717, 1.165) is 43.2 Å². The zero-order valence-electron chi connectivity index (χ0n) is 19.6. The van der Waals surface area contributed by atoms with Crippen LogP contribution in [0.4, 0.5) is 4.39 Å². The molecule has 35 heavy (non-hydrogen) atoms. The lowest BCUT2D eigenvalue weighted by Gasteiger charge is -2.34. The maximum absolute atomic E-state index is 13.3. The van der Waals surface area contributed by atoms with E-state index in [4.69, 9.17) is 4.74 Å². The van der Waals surface area contributed by atoms with Crippen LogP contribution in [0.3, 0.4) is 0 Å². The number of carbonyl (C=O) groups is 4. The zero-order valence-corrected chi connectivity index (χ0v) is 19.6. The Bertz CT molecular complexity index is 1060. The molecule has 0 bridgehead atoms. The van der Waals surface area contributed by atoms with E-state index in [1.165, 1.54) is 17.0 Å². The highest BCUT2D eigenvalue weighted by Crippen LogP contribution is 2.25. The highest BCUT2D eigenvalue weighted by atomic mass is 19.1. The second-order valence-electron chi connectivity index (χ2n) is 9.09. The van der Waals surface area contributed by atoms with E-state index in [-0.39, 0.29) is 61.1 Å². The van der Waals surface area contributed by atoms with Crippen LogP contribution in [0.5, 0.6) is 0 Å². The lowest BCUT2D eigenvalue weighted by atomic mass is 9.93. The van der Waals surface area contributed by atoms with Crippen LogP contribution in [0.1, 0.15) is 66.4 Å². The Hall–Kier alpha value is -3.55. The van der Waals surface area contributed by atoms with Crippen LogP contribution in [0, 0.1) is 5.82 Å². The molecular weight excluding hydrogens is 451 g/mol. The molecule has 0 unspecified atom stereocenters. The van der Waals surface area contributed by atoms with Crippen LogP contribution in [-0.2, 0) is 32.2 Å². The first kappa shape index (κ1) is 24.6. The largest absolute Gasteiger partial charge is 0.452 e. The quantitative estimate of drug-likeness (QED) is 0.421. The van der Waals surface area contributed by atoms with Gasteiger partial charge in [-0.05, 0) is 48.2 Å². The van der Waals surface area contributed by atoms with Gasteiger partial charge in [-0.1, -0.05) is 43.5 Å². The van der Waals surface area contributed by atoms with E-state index in [2.05, 4.69) is 0 Å². The van der Waals surface area contributed by atoms with Crippen molar-refractivity contribution in [1.29, 1.82) is 0 Å². The fraction of sp³-hybridized carbons (Fsp3) is 0.407. The van der Waals surface area contributed by atoms with Crippen LogP contribution in [0.15, 0.2) is 48.5 Å². The van der Waals surface area contributed by atoms with E-state index in [1.807, 2.05) is 0 Å². The van der Waals surface area contributed by atoms with E-state index >= 15 is 0 Å². The Balaban J connectivity index is 1.35. The summed E-state index contributed by atoms with van der Waals surface area (Å²) in [4.78, 5) is 52.2. The number of nitrogens with zero attached hydrogens (tertiary/aromatic N) is 2.